The molecular formula is C29H27BrN2O5S. The van der Waals surface area contributed by atoms with Crippen molar-refractivity contribution in [1.82, 2.24) is 0 Å². The van der Waals surface area contributed by atoms with Gasteiger partial charge in [0, 0.05) is 17.3 Å². The Bertz CT molecular complexity index is 1540. The fourth-order valence-corrected chi connectivity index (χ4v) is 5.96. The topological polar surface area (TPSA) is 84.9 Å². The fraction of sp³-hybridized carbons (Fsp3) is 0.138. The zero-order valence-electron chi connectivity index (χ0n) is 21.1. The van der Waals surface area contributed by atoms with E-state index in [9.17, 15) is 13.2 Å². The van der Waals surface area contributed by atoms with E-state index in [1.807, 2.05) is 19.1 Å². The molecule has 0 unspecified atom stereocenters. The third-order valence-electron chi connectivity index (χ3n) is 5.90. The number of halogens is 1. The Morgan fingerprint density at radius 1 is 0.895 bits per heavy atom. The predicted molar refractivity (Wildman–Crippen MR) is 153 cm³/mol. The lowest BCUT2D eigenvalue weighted by Crippen LogP contribution is -2.30. The molecule has 0 aromatic heterocycles. The van der Waals surface area contributed by atoms with E-state index >= 15 is 0 Å². The highest BCUT2D eigenvalue weighted by Crippen LogP contribution is 2.32. The van der Waals surface area contributed by atoms with Crippen LogP contribution >= 0.6 is 15.9 Å². The van der Waals surface area contributed by atoms with Crippen LogP contribution in [0.15, 0.2) is 100 Å². The first kappa shape index (κ1) is 27.2. The summed E-state index contributed by atoms with van der Waals surface area (Å²) in [6.45, 7) is 2.02. The molecule has 0 atom stereocenters. The van der Waals surface area contributed by atoms with E-state index < -0.39 is 10.0 Å². The molecule has 0 fully saturated rings. The average Bonchev–Trinajstić information content (AvgIpc) is 2.92. The number of carbonyl (C=O) groups is 1. The molecule has 4 aromatic carbocycles. The summed E-state index contributed by atoms with van der Waals surface area (Å²) in [4.78, 5) is 12.9. The average molecular weight is 596 g/mol. The summed E-state index contributed by atoms with van der Waals surface area (Å²) in [6, 6.07) is 25.9. The van der Waals surface area contributed by atoms with Crippen molar-refractivity contribution >= 4 is 43.2 Å². The van der Waals surface area contributed by atoms with Gasteiger partial charge in [-0.15, -0.1) is 0 Å². The minimum atomic E-state index is -3.93. The van der Waals surface area contributed by atoms with Crippen molar-refractivity contribution in [3.8, 4) is 11.5 Å². The Kier molecular flexibility index (Phi) is 8.38. The van der Waals surface area contributed by atoms with Crippen molar-refractivity contribution in [2.45, 2.75) is 18.4 Å². The van der Waals surface area contributed by atoms with Crippen LogP contribution < -0.4 is 19.1 Å². The summed E-state index contributed by atoms with van der Waals surface area (Å²) >= 11 is 3.38. The molecule has 0 radical (unpaired) electrons. The second kappa shape index (κ2) is 11.7. The van der Waals surface area contributed by atoms with Crippen LogP contribution in [0.5, 0.6) is 11.5 Å². The van der Waals surface area contributed by atoms with E-state index in [1.165, 1.54) is 23.5 Å². The quantitative estimate of drug-likeness (QED) is 0.241. The van der Waals surface area contributed by atoms with Crippen molar-refractivity contribution in [2.75, 3.05) is 23.8 Å². The van der Waals surface area contributed by atoms with Gasteiger partial charge in [0.05, 0.1) is 35.8 Å². The number of nitrogens with zero attached hydrogens (tertiary/aromatic N) is 1. The number of benzene rings is 4. The van der Waals surface area contributed by atoms with Crippen molar-refractivity contribution < 1.29 is 22.7 Å². The highest BCUT2D eigenvalue weighted by molar-refractivity contribution is 9.10. The van der Waals surface area contributed by atoms with Gasteiger partial charge in [-0.25, -0.2) is 8.42 Å². The van der Waals surface area contributed by atoms with Gasteiger partial charge in [-0.05, 0) is 83.0 Å². The van der Waals surface area contributed by atoms with Gasteiger partial charge in [0.25, 0.3) is 15.9 Å². The second-order valence-electron chi connectivity index (χ2n) is 8.53. The van der Waals surface area contributed by atoms with Crippen LogP contribution in [0, 0.1) is 6.92 Å². The van der Waals surface area contributed by atoms with E-state index in [0.29, 0.717) is 32.9 Å². The van der Waals surface area contributed by atoms with Crippen LogP contribution in [0.25, 0.3) is 0 Å². The van der Waals surface area contributed by atoms with E-state index in [-0.39, 0.29) is 17.3 Å². The first-order valence-electron chi connectivity index (χ1n) is 11.7. The largest absolute Gasteiger partial charge is 0.497 e. The van der Waals surface area contributed by atoms with Gasteiger partial charge in [-0.2, -0.15) is 0 Å². The second-order valence-corrected chi connectivity index (χ2v) is 11.2. The molecule has 1 amide bonds. The molecule has 0 saturated carbocycles. The smallest absolute Gasteiger partial charge is 0.264 e. The third kappa shape index (κ3) is 6.17. The SMILES string of the molecule is COc1cccc(NC(=O)c2ccc(CN(c3ccc(C)cc3)S(=O)(=O)c3ccc(OC)c(Br)c3)cc2)c1. The zero-order valence-corrected chi connectivity index (χ0v) is 23.5. The summed E-state index contributed by atoms with van der Waals surface area (Å²) in [5.41, 5.74) is 3.33. The number of anilines is 2. The number of ether oxygens (including phenoxy) is 2. The molecule has 0 saturated heterocycles. The molecule has 1 N–H and O–H groups in total. The summed E-state index contributed by atoms with van der Waals surface area (Å²) in [7, 11) is -0.846. The fourth-order valence-electron chi connectivity index (χ4n) is 3.79. The number of nitrogens with one attached hydrogen (secondary N) is 1. The van der Waals surface area contributed by atoms with Gasteiger partial charge in [0.15, 0.2) is 0 Å². The predicted octanol–water partition coefficient (Wildman–Crippen LogP) is 6.42. The van der Waals surface area contributed by atoms with E-state index in [2.05, 4.69) is 21.2 Å². The normalized spacial score (nSPS) is 11.1. The van der Waals surface area contributed by atoms with Crippen molar-refractivity contribution in [3.63, 3.8) is 0 Å². The van der Waals surface area contributed by atoms with Crippen molar-refractivity contribution in [1.29, 1.82) is 0 Å². The van der Waals surface area contributed by atoms with Crippen LogP contribution in [0.4, 0.5) is 11.4 Å². The molecule has 0 spiro atoms. The van der Waals surface area contributed by atoms with E-state index in [4.69, 9.17) is 9.47 Å². The number of carbonyl (C=O) groups excluding carboxylic acids is 1. The van der Waals surface area contributed by atoms with Crippen LogP contribution in [-0.4, -0.2) is 28.5 Å². The molecule has 0 aliphatic rings. The molecule has 0 aliphatic heterocycles. The van der Waals surface area contributed by atoms with Crippen LogP contribution in [-0.2, 0) is 16.6 Å². The first-order valence-corrected chi connectivity index (χ1v) is 13.9. The van der Waals surface area contributed by atoms with Gasteiger partial charge in [-0.3, -0.25) is 9.10 Å². The number of methoxy groups -OCH3 is 2. The maximum absolute atomic E-state index is 13.8. The standard InChI is InChI=1S/C29H27BrN2O5S/c1-20-7-13-24(14-8-20)32(38(34,35)26-15-16-28(37-3)27(30)18-26)19-21-9-11-22(12-10-21)29(33)31-23-5-4-6-25(17-23)36-2/h4-18H,19H2,1-3H3,(H,31,33). The molecule has 196 valence electrons. The lowest BCUT2D eigenvalue weighted by atomic mass is 10.1. The molecule has 0 heterocycles. The van der Waals surface area contributed by atoms with Gasteiger partial charge in [0.2, 0.25) is 0 Å². The Balaban J connectivity index is 1.61. The summed E-state index contributed by atoms with van der Waals surface area (Å²) in [5.74, 6) is 0.893. The maximum atomic E-state index is 13.8. The number of amides is 1. The van der Waals surface area contributed by atoms with Crippen LogP contribution in [0.1, 0.15) is 21.5 Å². The molecule has 9 heteroatoms. The Morgan fingerprint density at radius 3 is 2.24 bits per heavy atom. The first-order chi connectivity index (χ1) is 18.2. The lowest BCUT2D eigenvalue weighted by molar-refractivity contribution is 0.102. The maximum Gasteiger partial charge on any atom is 0.264 e. The Labute approximate surface area is 231 Å². The van der Waals surface area contributed by atoms with Gasteiger partial charge in [-0.1, -0.05) is 35.9 Å². The minimum absolute atomic E-state index is 0.0762. The van der Waals surface area contributed by atoms with E-state index in [1.54, 1.807) is 73.8 Å². The molecular weight excluding hydrogens is 568 g/mol. The summed E-state index contributed by atoms with van der Waals surface area (Å²) in [6.07, 6.45) is 0. The Morgan fingerprint density at radius 2 is 1.61 bits per heavy atom. The number of sulfonamides is 1. The van der Waals surface area contributed by atoms with E-state index in [0.717, 1.165) is 11.1 Å². The van der Waals surface area contributed by atoms with Crippen molar-refractivity contribution in [2.24, 2.45) is 0 Å². The molecule has 4 aromatic rings. The van der Waals surface area contributed by atoms with Crippen LogP contribution in [0.2, 0.25) is 0 Å². The molecule has 38 heavy (non-hydrogen) atoms. The number of aryl methyl sites for hydroxylation is 1. The van der Waals surface area contributed by atoms with Gasteiger partial charge >= 0.3 is 0 Å². The molecule has 4 rings (SSSR count). The highest BCUT2D eigenvalue weighted by Gasteiger charge is 2.26. The van der Waals surface area contributed by atoms with Crippen LogP contribution in [0.3, 0.4) is 0 Å². The van der Waals surface area contributed by atoms with Gasteiger partial charge in [0.1, 0.15) is 11.5 Å². The Hall–Kier alpha value is -3.82. The third-order valence-corrected chi connectivity index (χ3v) is 8.29. The minimum Gasteiger partial charge on any atom is -0.497 e. The summed E-state index contributed by atoms with van der Waals surface area (Å²) in [5, 5.41) is 2.84. The summed E-state index contributed by atoms with van der Waals surface area (Å²) < 4.78 is 39.9. The number of hydrogen-bond donors (Lipinski definition) is 1. The number of hydrogen-bond acceptors (Lipinski definition) is 5. The zero-order chi connectivity index (χ0) is 27.3. The highest BCUT2D eigenvalue weighted by atomic mass is 79.9. The number of rotatable bonds is 9. The van der Waals surface area contributed by atoms with Gasteiger partial charge < -0.3 is 14.8 Å². The monoisotopic (exact) mass is 594 g/mol. The lowest BCUT2D eigenvalue weighted by Gasteiger charge is -2.25. The molecule has 0 bridgehead atoms. The molecule has 0 aliphatic carbocycles. The van der Waals surface area contributed by atoms with Crippen molar-refractivity contribution in [3.05, 3.63) is 112 Å². The molecule has 7 nitrogen and oxygen atoms in total.